The lowest BCUT2D eigenvalue weighted by Gasteiger charge is -2.21. The SMILES string of the molecule is CC(CO)N(C)S(=O)(=O)c1ccc(-c2ccccn2)s1. The maximum absolute atomic E-state index is 12.4. The van der Waals surface area contributed by atoms with Crippen LogP contribution in [0.2, 0.25) is 0 Å². The molecule has 1 N–H and O–H groups in total. The van der Waals surface area contributed by atoms with Crippen LogP contribution in [0.5, 0.6) is 0 Å². The zero-order valence-corrected chi connectivity index (χ0v) is 12.9. The molecule has 2 rings (SSSR count). The van der Waals surface area contributed by atoms with Crippen molar-refractivity contribution in [2.24, 2.45) is 0 Å². The topological polar surface area (TPSA) is 70.5 Å². The van der Waals surface area contributed by atoms with Gasteiger partial charge >= 0.3 is 0 Å². The molecule has 20 heavy (non-hydrogen) atoms. The first-order chi connectivity index (χ1) is 9.46. The molecule has 0 amide bonds. The molecule has 2 aromatic heterocycles. The summed E-state index contributed by atoms with van der Waals surface area (Å²) >= 11 is 1.18. The van der Waals surface area contributed by atoms with Crippen molar-refractivity contribution >= 4 is 21.4 Å². The van der Waals surface area contributed by atoms with Gasteiger partial charge in [-0.1, -0.05) is 6.07 Å². The standard InChI is InChI=1S/C13H16N2O3S2/c1-10(9-16)15(2)20(17,18)13-7-6-12(19-13)11-5-3-4-8-14-11/h3-8,10,16H,9H2,1-2H3. The van der Waals surface area contributed by atoms with Crippen molar-refractivity contribution in [2.75, 3.05) is 13.7 Å². The molecule has 0 radical (unpaired) electrons. The number of rotatable bonds is 5. The van der Waals surface area contributed by atoms with Gasteiger partial charge in [-0.25, -0.2) is 8.42 Å². The number of aromatic nitrogens is 1. The summed E-state index contributed by atoms with van der Waals surface area (Å²) in [5, 5.41) is 9.09. The van der Waals surface area contributed by atoms with Gasteiger partial charge in [0.1, 0.15) is 4.21 Å². The van der Waals surface area contributed by atoms with E-state index in [4.69, 9.17) is 5.11 Å². The highest BCUT2D eigenvalue weighted by molar-refractivity contribution is 7.91. The Morgan fingerprint density at radius 3 is 2.70 bits per heavy atom. The number of pyridine rings is 1. The molecule has 0 aliphatic heterocycles. The Bertz CT molecular complexity index is 668. The Labute approximate surface area is 122 Å². The minimum atomic E-state index is -3.57. The van der Waals surface area contributed by atoms with Gasteiger partial charge in [0.25, 0.3) is 10.0 Å². The van der Waals surface area contributed by atoms with Crippen molar-refractivity contribution in [1.29, 1.82) is 0 Å². The molecule has 0 saturated carbocycles. The van der Waals surface area contributed by atoms with Crippen molar-refractivity contribution in [3.05, 3.63) is 36.5 Å². The van der Waals surface area contributed by atoms with Crippen LogP contribution in [0.25, 0.3) is 10.6 Å². The van der Waals surface area contributed by atoms with E-state index in [0.717, 1.165) is 10.6 Å². The quantitative estimate of drug-likeness (QED) is 0.914. The Hall–Kier alpha value is -1.28. The van der Waals surface area contributed by atoms with Crippen LogP contribution in [0, 0.1) is 0 Å². The maximum Gasteiger partial charge on any atom is 0.252 e. The van der Waals surface area contributed by atoms with Gasteiger partial charge in [-0.2, -0.15) is 4.31 Å². The number of likely N-dealkylation sites (N-methyl/N-ethyl adjacent to an activating group) is 1. The van der Waals surface area contributed by atoms with E-state index >= 15 is 0 Å². The minimum Gasteiger partial charge on any atom is -0.395 e. The third-order valence-corrected chi connectivity index (χ3v) is 6.56. The number of hydrogen-bond acceptors (Lipinski definition) is 5. The second-order valence-corrected chi connectivity index (χ2v) is 7.69. The van der Waals surface area contributed by atoms with Gasteiger partial charge in [-0.05, 0) is 31.2 Å². The van der Waals surface area contributed by atoms with E-state index in [1.807, 2.05) is 18.2 Å². The molecular formula is C13H16N2O3S2. The molecule has 5 nitrogen and oxygen atoms in total. The fourth-order valence-electron chi connectivity index (χ4n) is 1.60. The Morgan fingerprint density at radius 1 is 1.35 bits per heavy atom. The monoisotopic (exact) mass is 312 g/mol. The first-order valence-electron chi connectivity index (χ1n) is 6.07. The zero-order valence-electron chi connectivity index (χ0n) is 11.2. The first-order valence-corrected chi connectivity index (χ1v) is 8.32. The highest BCUT2D eigenvalue weighted by Gasteiger charge is 2.26. The molecule has 0 bridgehead atoms. The lowest BCUT2D eigenvalue weighted by molar-refractivity contribution is 0.214. The molecule has 108 valence electrons. The highest BCUT2D eigenvalue weighted by Crippen LogP contribution is 2.31. The number of aliphatic hydroxyl groups is 1. The van der Waals surface area contributed by atoms with Crippen molar-refractivity contribution in [2.45, 2.75) is 17.2 Å². The van der Waals surface area contributed by atoms with Gasteiger partial charge in [0, 0.05) is 19.3 Å². The van der Waals surface area contributed by atoms with E-state index in [0.29, 0.717) is 0 Å². The molecular weight excluding hydrogens is 296 g/mol. The second kappa shape index (κ2) is 6.01. The predicted octanol–water partition coefficient (Wildman–Crippen LogP) is 1.81. The molecule has 0 aromatic carbocycles. The fourth-order valence-corrected chi connectivity index (χ4v) is 4.42. The molecule has 7 heteroatoms. The van der Waals surface area contributed by atoms with E-state index in [1.54, 1.807) is 25.3 Å². The Balaban J connectivity index is 2.34. The van der Waals surface area contributed by atoms with Crippen molar-refractivity contribution < 1.29 is 13.5 Å². The summed E-state index contributed by atoms with van der Waals surface area (Å²) in [6, 6.07) is 8.37. The minimum absolute atomic E-state index is 0.214. The van der Waals surface area contributed by atoms with Gasteiger partial charge in [-0.15, -0.1) is 11.3 Å². The van der Waals surface area contributed by atoms with E-state index in [2.05, 4.69) is 4.98 Å². The van der Waals surface area contributed by atoms with Gasteiger partial charge in [0.05, 0.1) is 17.2 Å². The van der Waals surface area contributed by atoms with Gasteiger partial charge < -0.3 is 5.11 Å². The maximum atomic E-state index is 12.4. The van der Waals surface area contributed by atoms with E-state index in [9.17, 15) is 8.42 Å². The Morgan fingerprint density at radius 2 is 2.10 bits per heavy atom. The van der Waals surface area contributed by atoms with Crippen LogP contribution in [0.3, 0.4) is 0 Å². The van der Waals surface area contributed by atoms with Crippen LogP contribution in [0.1, 0.15) is 6.92 Å². The van der Waals surface area contributed by atoms with Gasteiger partial charge in [-0.3, -0.25) is 4.98 Å². The summed E-state index contributed by atoms with van der Waals surface area (Å²) in [5.74, 6) is 0. The number of thiophene rings is 1. The third kappa shape index (κ3) is 2.90. The van der Waals surface area contributed by atoms with Crippen LogP contribution in [-0.4, -0.2) is 42.5 Å². The largest absolute Gasteiger partial charge is 0.395 e. The van der Waals surface area contributed by atoms with Crippen molar-refractivity contribution in [3.63, 3.8) is 0 Å². The molecule has 0 spiro atoms. The molecule has 0 fully saturated rings. The van der Waals surface area contributed by atoms with E-state index in [1.165, 1.54) is 22.7 Å². The van der Waals surface area contributed by atoms with Crippen LogP contribution in [0.15, 0.2) is 40.7 Å². The summed E-state index contributed by atoms with van der Waals surface area (Å²) < 4.78 is 26.2. The molecule has 2 heterocycles. The van der Waals surface area contributed by atoms with Crippen LogP contribution >= 0.6 is 11.3 Å². The summed E-state index contributed by atoms with van der Waals surface area (Å²) in [5.41, 5.74) is 0.747. The van der Waals surface area contributed by atoms with Crippen LogP contribution in [-0.2, 0) is 10.0 Å². The summed E-state index contributed by atoms with van der Waals surface area (Å²) in [4.78, 5) is 5.00. The van der Waals surface area contributed by atoms with E-state index in [-0.39, 0.29) is 10.8 Å². The van der Waals surface area contributed by atoms with E-state index < -0.39 is 16.1 Å². The average Bonchev–Trinajstić information content (AvgIpc) is 2.97. The molecule has 0 aliphatic rings. The number of hydrogen-bond donors (Lipinski definition) is 1. The summed E-state index contributed by atoms with van der Waals surface area (Å²) in [6.45, 7) is 1.44. The number of nitrogens with zero attached hydrogens (tertiary/aromatic N) is 2. The highest BCUT2D eigenvalue weighted by atomic mass is 32.2. The number of aliphatic hydroxyl groups excluding tert-OH is 1. The van der Waals surface area contributed by atoms with Crippen molar-refractivity contribution in [3.8, 4) is 10.6 Å². The molecule has 0 saturated heterocycles. The average molecular weight is 312 g/mol. The van der Waals surface area contributed by atoms with Crippen LogP contribution < -0.4 is 0 Å². The second-order valence-electron chi connectivity index (χ2n) is 4.39. The lowest BCUT2D eigenvalue weighted by Crippen LogP contribution is -2.36. The van der Waals surface area contributed by atoms with Gasteiger partial charge in [0.15, 0.2) is 0 Å². The van der Waals surface area contributed by atoms with Crippen LogP contribution in [0.4, 0.5) is 0 Å². The first kappa shape index (κ1) is 15.1. The molecule has 0 aliphatic carbocycles. The lowest BCUT2D eigenvalue weighted by atomic mass is 10.3. The summed E-state index contributed by atoms with van der Waals surface area (Å²) in [7, 11) is -2.10. The molecule has 2 aromatic rings. The zero-order chi connectivity index (χ0) is 14.8. The summed E-state index contributed by atoms with van der Waals surface area (Å²) in [6.07, 6.45) is 1.67. The number of sulfonamides is 1. The normalized spacial score (nSPS) is 13.6. The smallest absolute Gasteiger partial charge is 0.252 e. The third-order valence-electron chi connectivity index (χ3n) is 3.02. The molecule has 1 unspecified atom stereocenters. The predicted molar refractivity (Wildman–Crippen MR) is 79.0 cm³/mol. The fraction of sp³-hybridized carbons (Fsp3) is 0.308. The van der Waals surface area contributed by atoms with Crippen molar-refractivity contribution in [1.82, 2.24) is 9.29 Å². The molecule has 1 atom stereocenters. The Kier molecular flexibility index (Phi) is 4.54. The van der Waals surface area contributed by atoms with Gasteiger partial charge in [0.2, 0.25) is 0 Å².